The van der Waals surface area contributed by atoms with E-state index in [0.29, 0.717) is 27.6 Å². The Bertz CT molecular complexity index is 1070. The lowest BCUT2D eigenvalue weighted by atomic mass is 10.1. The van der Waals surface area contributed by atoms with E-state index in [0.717, 1.165) is 11.1 Å². The summed E-state index contributed by atoms with van der Waals surface area (Å²) < 4.78 is 5.80. The highest BCUT2D eigenvalue weighted by molar-refractivity contribution is 6.30. The second-order valence-electron chi connectivity index (χ2n) is 6.73. The summed E-state index contributed by atoms with van der Waals surface area (Å²) >= 11 is 5.88. The van der Waals surface area contributed by atoms with Crippen LogP contribution >= 0.6 is 11.6 Å². The highest BCUT2D eigenvalue weighted by Crippen LogP contribution is 2.26. The molecule has 4 rings (SSSR count). The second-order valence-corrected chi connectivity index (χ2v) is 7.17. The number of fused-ring (bicyclic) bond motifs is 1. The molecule has 0 atom stereocenters. The number of hydrogen-bond donors (Lipinski definition) is 0. The highest BCUT2D eigenvalue weighted by atomic mass is 35.5. The minimum atomic E-state index is -0.249. The first-order chi connectivity index (χ1) is 14.0. The molecule has 0 bridgehead atoms. The number of rotatable bonds is 5. The molecule has 144 valence electrons. The van der Waals surface area contributed by atoms with E-state index in [-0.39, 0.29) is 18.4 Å². The number of carbonyl (C=O) groups excluding carboxylic acids is 2. The summed E-state index contributed by atoms with van der Waals surface area (Å²) in [5.74, 6) is 0.923. The lowest BCUT2D eigenvalue weighted by Crippen LogP contribution is -2.29. The Labute approximate surface area is 174 Å². The molecular weight excluding hydrogens is 386 g/mol. The molecule has 2 amide bonds. The van der Waals surface area contributed by atoms with Crippen LogP contribution in [-0.4, -0.2) is 23.3 Å². The van der Waals surface area contributed by atoms with Gasteiger partial charge in [-0.1, -0.05) is 41.9 Å². The van der Waals surface area contributed by atoms with E-state index >= 15 is 0 Å². The number of halogens is 1. The molecule has 4 nitrogen and oxygen atoms in total. The largest absolute Gasteiger partial charge is 0.457 e. The van der Waals surface area contributed by atoms with E-state index in [1.54, 1.807) is 36.4 Å². The topological polar surface area (TPSA) is 46.6 Å². The Hall–Kier alpha value is -3.37. The Morgan fingerprint density at radius 2 is 1.38 bits per heavy atom. The van der Waals surface area contributed by atoms with Crippen LogP contribution in [0, 0.1) is 0 Å². The van der Waals surface area contributed by atoms with E-state index in [9.17, 15) is 9.59 Å². The number of hydrogen-bond acceptors (Lipinski definition) is 3. The van der Waals surface area contributed by atoms with Gasteiger partial charge < -0.3 is 4.74 Å². The minimum Gasteiger partial charge on any atom is -0.457 e. The van der Waals surface area contributed by atoms with Crippen molar-refractivity contribution in [3.05, 3.63) is 101 Å². The van der Waals surface area contributed by atoms with Crippen molar-refractivity contribution in [2.45, 2.75) is 6.92 Å². The average Bonchev–Trinajstić information content (AvgIpc) is 2.99. The van der Waals surface area contributed by atoms with Crippen LogP contribution < -0.4 is 4.74 Å². The lowest BCUT2D eigenvalue weighted by molar-refractivity contribution is 0.0672. The van der Waals surface area contributed by atoms with Gasteiger partial charge in [0.15, 0.2) is 0 Å². The predicted molar refractivity (Wildman–Crippen MR) is 113 cm³/mol. The number of nitrogens with zero attached hydrogens (tertiary/aromatic N) is 1. The van der Waals surface area contributed by atoms with Crippen LogP contribution in [0.25, 0.3) is 5.57 Å². The monoisotopic (exact) mass is 403 g/mol. The van der Waals surface area contributed by atoms with Crippen molar-refractivity contribution >= 4 is 29.0 Å². The summed E-state index contributed by atoms with van der Waals surface area (Å²) in [5.41, 5.74) is 2.89. The second kappa shape index (κ2) is 7.94. The first-order valence-electron chi connectivity index (χ1n) is 9.19. The van der Waals surface area contributed by atoms with Crippen molar-refractivity contribution < 1.29 is 14.3 Å². The number of benzene rings is 3. The molecule has 0 saturated heterocycles. The van der Waals surface area contributed by atoms with E-state index in [2.05, 4.69) is 0 Å². The summed E-state index contributed by atoms with van der Waals surface area (Å²) in [6, 6.07) is 21.7. The zero-order valence-electron chi connectivity index (χ0n) is 15.8. The van der Waals surface area contributed by atoms with E-state index in [1.807, 2.05) is 49.4 Å². The fourth-order valence-electron chi connectivity index (χ4n) is 3.18. The molecule has 0 fully saturated rings. The first-order valence-corrected chi connectivity index (χ1v) is 9.56. The van der Waals surface area contributed by atoms with Crippen molar-refractivity contribution in [1.29, 1.82) is 0 Å². The maximum Gasteiger partial charge on any atom is 0.261 e. The normalized spacial score (nSPS) is 13.6. The van der Waals surface area contributed by atoms with Crippen LogP contribution in [0.2, 0.25) is 5.02 Å². The molecule has 1 aliphatic heterocycles. The molecule has 0 saturated carbocycles. The van der Waals surface area contributed by atoms with Crippen molar-refractivity contribution in [2.75, 3.05) is 6.54 Å². The van der Waals surface area contributed by atoms with Crippen LogP contribution in [0.1, 0.15) is 33.2 Å². The Morgan fingerprint density at radius 1 is 0.862 bits per heavy atom. The Morgan fingerprint density at radius 3 is 1.93 bits per heavy atom. The predicted octanol–water partition coefficient (Wildman–Crippen LogP) is 5.83. The van der Waals surface area contributed by atoms with Gasteiger partial charge in [-0.15, -0.1) is 0 Å². The molecule has 0 aliphatic carbocycles. The van der Waals surface area contributed by atoms with Gasteiger partial charge in [0, 0.05) is 11.6 Å². The van der Waals surface area contributed by atoms with Gasteiger partial charge in [-0.05, 0) is 66.6 Å². The van der Waals surface area contributed by atoms with Gasteiger partial charge in [-0.25, -0.2) is 0 Å². The fourth-order valence-corrected chi connectivity index (χ4v) is 3.30. The van der Waals surface area contributed by atoms with Gasteiger partial charge in [0.25, 0.3) is 11.8 Å². The fraction of sp³-hybridized carbons (Fsp3) is 0.0833. The first kappa shape index (κ1) is 19.0. The standard InChI is InChI=1S/C24H18ClNO3/c1-16(14-15-26-23(27)21-4-2-3-5-22(21)24(26)28)17-6-10-19(11-7-17)29-20-12-8-18(25)9-13-20/h2-14H,15H2,1H3. The Balaban J connectivity index is 1.44. The van der Waals surface area contributed by atoms with Gasteiger partial charge in [-0.3, -0.25) is 14.5 Å². The van der Waals surface area contributed by atoms with Gasteiger partial charge in [-0.2, -0.15) is 0 Å². The zero-order valence-corrected chi connectivity index (χ0v) is 16.5. The molecule has 3 aromatic carbocycles. The van der Waals surface area contributed by atoms with Crippen molar-refractivity contribution in [2.24, 2.45) is 0 Å². The smallest absolute Gasteiger partial charge is 0.261 e. The molecular formula is C24H18ClNO3. The van der Waals surface area contributed by atoms with Crippen LogP contribution in [0.15, 0.2) is 78.9 Å². The quantitative estimate of drug-likeness (QED) is 0.503. The van der Waals surface area contributed by atoms with E-state index in [4.69, 9.17) is 16.3 Å². The van der Waals surface area contributed by atoms with Crippen LogP contribution in [0.3, 0.4) is 0 Å². The van der Waals surface area contributed by atoms with E-state index in [1.165, 1.54) is 4.90 Å². The Kier molecular flexibility index (Phi) is 5.19. The number of carbonyl (C=O) groups is 2. The van der Waals surface area contributed by atoms with Crippen LogP contribution in [-0.2, 0) is 0 Å². The third-order valence-corrected chi connectivity index (χ3v) is 5.07. The van der Waals surface area contributed by atoms with Gasteiger partial charge >= 0.3 is 0 Å². The summed E-state index contributed by atoms with van der Waals surface area (Å²) in [7, 11) is 0. The minimum absolute atomic E-state index is 0.237. The molecule has 0 radical (unpaired) electrons. The molecule has 0 aromatic heterocycles. The molecule has 29 heavy (non-hydrogen) atoms. The lowest BCUT2D eigenvalue weighted by Gasteiger charge is -2.12. The maximum atomic E-state index is 12.4. The summed E-state index contributed by atoms with van der Waals surface area (Å²) in [5, 5.41) is 0.659. The zero-order chi connectivity index (χ0) is 20.4. The number of allylic oxidation sites excluding steroid dienone is 1. The van der Waals surface area contributed by atoms with Crippen LogP contribution in [0.4, 0.5) is 0 Å². The van der Waals surface area contributed by atoms with Gasteiger partial charge in [0.05, 0.1) is 11.1 Å². The van der Waals surface area contributed by atoms with Crippen molar-refractivity contribution in [3.8, 4) is 11.5 Å². The van der Waals surface area contributed by atoms with Gasteiger partial charge in [0.1, 0.15) is 11.5 Å². The third-order valence-electron chi connectivity index (χ3n) is 4.82. The highest BCUT2D eigenvalue weighted by Gasteiger charge is 2.34. The SMILES string of the molecule is CC(=CCN1C(=O)c2ccccc2C1=O)c1ccc(Oc2ccc(Cl)cc2)cc1. The van der Waals surface area contributed by atoms with Crippen molar-refractivity contribution in [1.82, 2.24) is 4.90 Å². The summed E-state index contributed by atoms with van der Waals surface area (Å²) in [6.45, 7) is 2.19. The summed E-state index contributed by atoms with van der Waals surface area (Å²) in [6.07, 6.45) is 1.89. The third kappa shape index (κ3) is 3.93. The molecule has 0 unspecified atom stereocenters. The number of imide groups is 1. The molecule has 0 spiro atoms. The molecule has 5 heteroatoms. The van der Waals surface area contributed by atoms with E-state index < -0.39 is 0 Å². The summed E-state index contributed by atoms with van der Waals surface area (Å²) in [4.78, 5) is 26.2. The molecule has 1 heterocycles. The molecule has 1 aliphatic rings. The molecule has 0 N–H and O–H groups in total. The number of ether oxygens (including phenoxy) is 1. The van der Waals surface area contributed by atoms with Crippen LogP contribution in [0.5, 0.6) is 11.5 Å². The molecule has 3 aromatic rings. The average molecular weight is 404 g/mol. The van der Waals surface area contributed by atoms with Crippen molar-refractivity contribution in [3.63, 3.8) is 0 Å². The number of amides is 2. The maximum absolute atomic E-state index is 12.4. The van der Waals surface area contributed by atoms with Gasteiger partial charge in [0.2, 0.25) is 0 Å².